The van der Waals surface area contributed by atoms with Gasteiger partial charge in [-0.05, 0) is 35.4 Å². The van der Waals surface area contributed by atoms with Gasteiger partial charge in [-0.15, -0.1) is 0 Å². The van der Waals surface area contributed by atoms with Crippen LogP contribution in [0.2, 0.25) is 0 Å². The van der Waals surface area contributed by atoms with E-state index in [1.54, 1.807) is 12.1 Å². The van der Waals surface area contributed by atoms with Crippen LogP contribution in [0, 0.1) is 11.6 Å². The Morgan fingerprint density at radius 3 is 2.45 bits per heavy atom. The van der Waals surface area contributed by atoms with Gasteiger partial charge in [0.05, 0.1) is 13.5 Å². The molecular weight excluding hydrogens is 266 g/mol. The molecule has 0 fully saturated rings. The van der Waals surface area contributed by atoms with Crippen LogP contribution in [0.1, 0.15) is 5.56 Å². The Bertz CT molecular complexity index is 654. The molecule has 0 heterocycles. The molecule has 0 aliphatic heterocycles. The normalized spacial score (nSPS) is 10.3. The quantitative estimate of drug-likeness (QED) is 0.933. The Kier molecular flexibility index (Phi) is 3.98. The van der Waals surface area contributed by atoms with Crippen LogP contribution in [0.3, 0.4) is 0 Å². The number of benzene rings is 2. The summed E-state index contributed by atoms with van der Waals surface area (Å²) in [4.78, 5) is 10.9. The van der Waals surface area contributed by atoms with Crippen LogP contribution in [-0.4, -0.2) is 18.2 Å². The number of hydrogen-bond acceptors (Lipinski definition) is 2. The molecule has 2 rings (SSSR count). The largest absolute Gasteiger partial charge is 0.497 e. The van der Waals surface area contributed by atoms with E-state index in [2.05, 4.69) is 0 Å². The highest BCUT2D eigenvalue weighted by Gasteiger charge is 2.14. The van der Waals surface area contributed by atoms with Crippen LogP contribution >= 0.6 is 0 Å². The Morgan fingerprint density at radius 2 is 1.85 bits per heavy atom. The van der Waals surface area contributed by atoms with E-state index in [1.165, 1.54) is 19.2 Å². The van der Waals surface area contributed by atoms with Gasteiger partial charge in [0.2, 0.25) is 0 Å². The molecular formula is C15H12F2O3. The lowest BCUT2D eigenvalue weighted by Gasteiger charge is -2.11. The van der Waals surface area contributed by atoms with E-state index in [9.17, 15) is 13.6 Å². The minimum Gasteiger partial charge on any atom is -0.497 e. The van der Waals surface area contributed by atoms with E-state index >= 15 is 0 Å². The van der Waals surface area contributed by atoms with Gasteiger partial charge < -0.3 is 9.84 Å². The molecule has 3 nitrogen and oxygen atoms in total. The highest BCUT2D eigenvalue weighted by atomic mass is 19.1. The van der Waals surface area contributed by atoms with E-state index in [0.29, 0.717) is 16.9 Å². The summed E-state index contributed by atoms with van der Waals surface area (Å²) in [6.45, 7) is 0. The predicted octanol–water partition coefficient (Wildman–Crippen LogP) is 3.27. The van der Waals surface area contributed by atoms with Crippen molar-refractivity contribution in [3.63, 3.8) is 0 Å². The molecule has 0 aromatic heterocycles. The fourth-order valence-electron chi connectivity index (χ4n) is 1.98. The third-order valence-electron chi connectivity index (χ3n) is 2.88. The number of carboxylic acid groups (broad SMARTS) is 1. The summed E-state index contributed by atoms with van der Waals surface area (Å²) in [5, 5.41) is 8.92. The van der Waals surface area contributed by atoms with Crippen LogP contribution in [-0.2, 0) is 11.2 Å². The Hall–Kier alpha value is -2.43. The number of carbonyl (C=O) groups is 1. The third-order valence-corrected chi connectivity index (χ3v) is 2.88. The van der Waals surface area contributed by atoms with Crippen LogP contribution in [0.5, 0.6) is 5.75 Å². The van der Waals surface area contributed by atoms with Crippen molar-refractivity contribution in [2.24, 2.45) is 0 Å². The molecule has 0 saturated heterocycles. The lowest BCUT2D eigenvalue weighted by atomic mass is 9.97. The molecule has 0 bridgehead atoms. The van der Waals surface area contributed by atoms with Crippen molar-refractivity contribution in [2.45, 2.75) is 6.42 Å². The zero-order valence-electron chi connectivity index (χ0n) is 10.7. The lowest BCUT2D eigenvalue weighted by Crippen LogP contribution is -2.03. The number of aliphatic carboxylic acids is 1. The molecule has 2 aromatic carbocycles. The first-order valence-corrected chi connectivity index (χ1v) is 5.85. The molecule has 0 unspecified atom stereocenters. The standard InChI is InChI=1S/C15H12F2O3/c1-20-11-3-5-12(9(6-11)7-15(18)19)13-4-2-10(16)8-14(13)17/h2-6,8H,7H2,1H3,(H,18,19). The highest BCUT2D eigenvalue weighted by molar-refractivity contribution is 5.77. The molecule has 0 aliphatic carbocycles. The number of methoxy groups -OCH3 is 1. The fraction of sp³-hybridized carbons (Fsp3) is 0.133. The fourth-order valence-corrected chi connectivity index (χ4v) is 1.98. The Morgan fingerprint density at radius 1 is 1.15 bits per heavy atom. The number of rotatable bonds is 4. The number of ether oxygens (including phenoxy) is 1. The average molecular weight is 278 g/mol. The average Bonchev–Trinajstić information content (AvgIpc) is 2.38. The summed E-state index contributed by atoms with van der Waals surface area (Å²) in [6.07, 6.45) is -0.274. The van der Waals surface area contributed by atoms with Crippen molar-refractivity contribution in [1.29, 1.82) is 0 Å². The van der Waals surface area contributed by atoms with Gasteiger partial charge in [0.15, 0.2) is 0 Å². The zero-order chi connectivity index (χ0) is 14.7. The van der Waals surface area contributed by atoms with Gasteiger partial charge in [0.1, 0.15) is 17.4 Å². The van der Waals surface area contributed by atoms with Crippen LogP contribution in [0.25, 0.3) is 11.1 Å². The van der Waals surface area contributed by atoms with E-state index in [0.717, 1.165) is 12.1 Å². The van der Waals surface area contributed by atoms with Crippen molar-refractivity contribution < 1.29 is 23.4 Å². The van der Waals surface area contributed by atoms with Gasteiger partial charge in [0.25, 0.3) is 0 Å². The predicted molar refractivity (Wildman–Crippen MR) is 69.7 cm³/mol. The monoisotopic (exact) mass is 278 g/mol. The first-order chi connectivity index (χ1) is 9.51. The molecule has 104 valence electrons. The molecule has 0 spiro atoms. The van der Waals surface area contributed by atoms with Gasteiger partial charge in [-0.25, -0.2) is 8.78 Å². The molecule has 0 radical (unpaired) electrons. The Balaban J connectivity index is 2.57. The SMILES string of the molecule is COc1ccc(-c2ccc(F)cc2F)c(CC(=O)O)c1. The van der Waals surface area contributed by atoms with Gasteiger partial charge in [-0.2, -0.15) is 0 Å². The summed E-state index contributed by atoms with van der Waals surface area (Å²) in [5.41, 5.74) is 0.971. The van der Waals surface area contributed by atoms with Crippen molar-refractivity contribution in [3.05, 3.63) is 53.6 Å². The maximum absolute atomic E-state index is 13.8. The molecule has 0 aliphatic rings. The molecule has 0 saturated carbocycles. The van der Waals surface area contributed by atoms with Crippen molar-refractivity contribution in [1.82, 2.24) is 0 Å². The maximum Gasteiger partial charge on any atom is 0.307 e. The van der Waals surface area contributed by atoms with E-state index < -0.39 is 17.6 Å². The van der Waals surface area contributed by atoms with Gasteiger partial charge in [-0.3, -0.25) is 4.79 Å². The molecule has 0 amide bonds. The van der Waals surface area contributed by atoms with Crippen LogP contribution < -0.4 is 4.74 Å². The smallest absolute Gasteiger partial charge is 0.307 e. The number of carboxylic acids is 1. The minimum atomic E-state index is -1.04. The van der Waals surface area contributed by atoms with E-state index in [1.807, 2.05) is 0 Å². The second-order valence-corrected chi connectivity index (χ2v) is 4.22. The third kappa shape index (κ3) is 2.93. The molecule has 1 N–H and O–H groups in total. The van der Waals surface area contributed by atoms with Crippen LogP contribution in [0.4, 0.5) is 8.78 Å². The first kappa shape index (κ1) is 14.0. The molecule has 20 heavy (non-hydrogen) atoms. The molecule has 2 aromatic rings. The van der Waals surface area contributed by atoms with Crippen LogP contribution in [0.15, 0.2) is 36.4 Å². The zero-order valence-corrected chi connectivity index (χ0v) is 10.7. The Labute approximate surface area is 114 Å². The second kappa shape index (κ2) is 5.69. The summed E-state index contributed by atoms with van der Waals surface area (Å²) in [5.74, 6) is -1.98. The maximum atomic E-state index is 13.8. The van der Waals surface area contributed by atoms with Gasteiger partial charge >= 0.3 is 5.97 Å². The van der Waals surface area contributed by atoms with E-state index in [4.69, 9.17) is 9.84 Å². The van der Waals surface area contributed by atoms with Crippen molar-refractivity contribution in [2.75, 3.05) is 7.11 Å². The number of halogens is 2. The second-order valence-electron chi connectivity index (χ2n) is 4.22. The summed E-state index contributed by atoms with van der Waals surface area (Å²) < 4.78 is 31.8. The summed E-state index contributed by atoms with van der Waals surface area (Å²) in [7, 11) is 1.46. The van der Waals surface area contributed by atoms with Gasteiger partial charge in [-0.1, -0.05) is 6.07 Å². The van der Waals surface area contributed by atoms with E-state index in [-0.39, 0.29) is 12.0 Å². The van der Waals surface area contributed by atoms with Crippen molar-refractivity contribution >= 4 is 5.97 Å². The summed E-state index contributed by atoms with van der Waals surface area (Å²) in [6, 6.07) is 7.89. The topological polar surface area (TPSA) is 46.5 Å². The first-order valence-electron chi connectivity index (χ1n) is 5.85. The number of hydrogen-bond donors (Lipinski definition) is 1. The van der Waals surface area contributed by atoms with Crippen molar-refractivity contribution in [3.8, 4) is 16.9 Å². The summed E-state index contributed by atoms with van der Waals surface area (Å²) >= 11 is 0. The lowest BCUT2D eigenvalue weighted by molar-refractivity contribution is -0.136. The molecule has 0 atom stereocenters. The minimum absolute atomic E-state index is 0.158. The highest BCUT2D eigenvalue weighted by Crippen LogP contribution is 2.30. The molecule has 5 heteroatoms. The van der Waals surface area contributed by atoms with Gasteiger partial charge in [0, 0.05) is 11.6 Å².